The molecule has 0 rings (SSSR count). The molecule has 1 heteroatoms. The van der Waals surface area contributed by atoms with E-state index in [1.165, 1.54) is 10.9 Å². The van der Waals surface area contributed by atoms with E-state index < -0.39 is 0 Å². The summed E-state index contributed by atoms with van der Waals surface area (Å²) in [6.45, 7) is 13.9. The van der Waals surface area contributed by atoms with Gasteiger partial charge in [0.25, 0.3) is 0 Å². The Labute approximate surface area is 101 Å². The lowest BCUT2D eigenvalue weighted by Gasteiger charge is -1.89. The topological polar surface area (TPSA) is 0 Å². The fraction of sp³-hybridized carbons (Fsp3) is 0.267. The van der Waals surface area contributed by atoms with E-state index in [0.29, 0.717) is 0 Å². The fourth-order valence-electron chi connectivity index (χ4n) is 1.08. The first-order valence-electron chi connectivity index (χ1n) is 5.54. The fourth-order valence-corrected chi connectivity index (χ4v) is 2.67. The monoisotopic (exact) mass is 233 g/mol. The highest BCUT2D eigenvalue weighted by Gasteiger charge is 2.06. The summed E-state index contributed by atoms with van der Waals surface area (Å²) in [5.41, 5.74) is 1.19. The van der Waals surface area contributed by atoms with E-state index >= 15 is 0 Å². The van der Waals surface area contributed by atoms with Crippen LogP contribution in [0.2, 0.25) is 0 Å². The summed E-state index contributed by atoms with van der Waals surface area (Å²) in [6, 6.07) is 0. The van der Waals surface area contributed by atoms with Crippen LogP contribution in [0, 0.1) is 0 Å². The summed E-state index contributed by atoms with van der Waals surface area (Å²) >= 11 is 0. The number of allylic oxidation sites excluding steroid dienone is 7. The Kier molecular flexibility index (Phi) is 8.48. The van der Waals surface area contributed by atoms with Gasteiger partial charge in [-0.15, -0.1) is 0 Å². The zero-order valence-corrected chi connectivity index (χ0v) is 11.5. The minimum absolute atomic E-state index is 0.258. The number of hydrogen-bond acceptors (Lipinski definition) is 0. The molecule has 0 nitrogen and oxygen atoms in total. The quantitative estimate of drug-likeness (QED) is 0.424. The molecule has 0 aromatic heterocycles. The first-order valence-corrected chi connectivity index (χ1v) is 7.02. The van der Waals surface area contributed by atoms with E-state index in [2.05, 4.69) is 57.7 Å². The van der Waals surface area contributed by atoms with Gasteiger partial charge in [0.05, 0.1) is 5.80 Å². The minimum atomic E-state index is -0.258. The molecule has 0 radical (unpaired) electrons. The summed E-state index contributed by atoms with van der Waals surface area (Å²) in [5.74, 6) is 4.59. The predicted octanol–water partition coefficient (Wildman–Crippen LogP) is 5.42. The molecule has 0 aliphatic heterocycles. The standard InChI is InChI=1S/C15H22P/c1-6-9-13-16(12-7-2)15(5)11-10-14(4)8-3/h6,8-13H,1,3,7H2,2,4-5H3/q+1/b13-9-,14-10-,15-11+. The molecule has 0 spiro atoms. The van der Waals surface area contributed by atoms with Gasteiger partial charge in [-0.05, 0) is 19.1 Å². The van der Waals surface area contributed by atoms with Gasteiger partial charge < -0.3 is 0 Å². The third-order valence-corrected chi connectivity index (χ3v) is 4.29. The second-order valence-corrected chi connectivity index (χ2v) is 5.68. The van der Waals surface area contributed by atoms with E-state index in [9.17, 15) is 0 Å². The molecule has 0 amide bonds. The Morgan fingerprint density at radius 2 is 1.88 bits per heavy atom. The Bertz CT molecular complexity index is 352. The van der Waals surface area contributed by atoms with Crippen molar-refractivity contribution in [3.05, 3.63) is 60.2 Å². The highest BCUT2D eigenvalue weighted by molar-refractivity contribution is 7.64. The van der Waals surface area contributed by atoms with Crippen LogP contribution in [0.5, 0.6) is 0 Å². The van der Waals surface area contributed by atoms with Crippen molar-refractivity contribution in [1.82, 2.24) is 0 Å². The second-order valence-electron chi connectivity index (χ2n) is 3.50. The Morgan fingerprint density at radius 1 is 1.19 bits per heavy atom. The molecular weight excluding hydrogens is 211 g/mol. The van der Waals surface area contributed by atoms with Crippen molar-refractivity contribution in [1.29, 1.82) is 0 Å². The molecule has 1 atom stereocenters. The summed E-state index contributed by atoms with van der Waals surface area (Å²) in [5, 5.41) is 1.40. The zero-order chi connectivity index (χ0) is 12.4. The van der Waals surface area contributed by atoms with Gasteiger partial charge in [0.15, 0.2) is 7.55 Å². The highest BCUT2D eigenvalue weighted by atomic mass is 31.1. The molecule has 0 fully saturated rings. The van der Waals surface area contributed by atoms with Crippen molar-refractivity contribution in [2.45, 2.75) is 27.2 Å². The molecule has 0 aromatic rings. The average Bonchev–Trinajstić information content (AvgIpc) is 2.30. The summed E-state index contributed by atoms with van der Waals surface area (Å²) in [6.07, 6.45) is 11.1. The van der Waals surface area contributed by atoms with Crippen LogP contribution in [0.4, 0.5) is 0 Å². The van der Waals surface area contributed by atoms with E-state index in [1.807, 2.05) is 18.2 Å². The van der Waals surface area contributed by atoms with Gasteiger partial charge in [-0.3, -0.25) is 0 Å². The lowest BCUT2D eigenvalue weighted by Crippen LogP contribution is -1.72. The lowest BCUT2D eigenvalue weighted by molar-refractivity contribution is 1.35. The van der Waals surface area contributed by atoms with Gasteiger partial charge in [-0.2, -0.15) is 0 Å². The van der Waals surface area contributed by atoms with Crippen LogP contribution < -0.4 is 0 Å². The van der Waals surface area contributed by atoms with E-state index in [0.717, 1.165) is 6.42 Å². The van der Waals surface area contributed by atoms with E-state index in [-0.39, 0.29) is 7.55 Å². The molecule has 1 unspecified atom stereocenters. The molecule has 0 heterocycles. The highest BCUT2D eigenvalue weighted by Crippen LogP contribution is 2.34. The van der Waals surface area contributed by atoms with E-state index in [4.69, 9.17) is 0 Å². The molecule has 0 aromatic carbocycles. The molecule has 16 heavy (non-hydrogen) atoms. The molecular formula is C15H22P+. The summed E-state index contributed by atoms with van der Waals surface area (Å²) < 4.78 is 0. The zero-order valence-electron chi connectivity index (χ0n) is 10.6. The maximum absolute atomic E-state index is 3.74. The molecule has 0 aliphatic carbocycles. The van der Waals surface area contributed by atoms with Crippen molar-refractivity contribution >= 4 is 13.3 Å². The minimum Gasteiger partial charge on any atom is -0.0989 e. The van der Waals surface area contributed by atoms with Crippen molar-refractivity contribution in [2.24, 2.45) is 0 Å². The van der Waals surface area contributed by atoms with Gasteiger partial charge in [-0.1, -0.05) is 43.9 Å². The molecule has 0 aliphatic rings. The maximum Gasteiger partial charge on any atom is 0.153 e. The average molecular weight is 233 g/mol. The molecule has 0 N–H and O–H groups in total. The predicted molar refractivity (Wildman–Crippen MR) is 80.3 cm³/mol. The molecule has 86 valence electrons. The number of rotatable bonds is 6. The first-order chi connectivity index (χ1) is 7.65. The summed E-state index contributed by atoms with van der Waals surface area (Å²) in [7, 11) is -0.258. The van der Waals surface area contributed by atoms with Crippen LogP contribution in [0.25, 0.3) is 0 Å². The maximum atomic E-state index is 3.74. The van der Waals surface area contributed by atoms with Crippen LogP contribution in [0.15, 0.2) is 60.2 Å². The lowest BCUT2D eigenvalue weighted by atomic mass is 10.3. The van der Waals surface area contributed by atoms with Gasteiger partial charge in [0, 0.05) is 13.3 Å². The first kappa shape index (κ1) is 14.9. The van der Waals surface area contributed by atoms with Crippen molar-refractivity contribution in [3.8, 4) is 0 Å². The van der Waals surface area contributed by atoms with Gasteiger partial charge in [0.2, 0.25) is 0 Å². The number of hydrogen-bond donors (Lipinski definition) is 0. The van der Waals surface area contributed by atoms with Crippen LogP contribution >= 0.6 is 7.55 Å². The van der Waals surface area contributed by atoms with Gasteiger partial charge >= 0.3 is 0 Å². The normalized spacial score (nSPS) is 14.3. The van der Waals surface area contributed by atoms with Crippen LogP contribution in [-0.4, -0.2) is 5.80 Å². The Hall–Kier alpha value is -1.13. The Morgan fingerprint density at radius 3 is 2.38 bits per heavy atom. The van der Waals surface area contributed by atoms with E-state index in [1.54, 1.807) is 0 Å². The summed E-state index contributed by atoms with van der Waals surface area (Å²) in [4.78, 5) is 0. The Balaban J connectivity index is 4.94. The smallest absolute Gasteiger partial charge is 0.0989 e. The van der Waals surface area contributed by atoms with Crippen molar-refractivity contribution in [2.75, 3.05) is 0 Å². The largest absolute Gasteiger partial charge is 0.153 e. The third kappa shape index (κ3) is 6.37. The second kappa shape index (κ2) is 9.12. The van der Waals surface area contributed by atoms with Gasteiger partial charge in [-0.25, -0.2) is 0 Å². The van der Waals surface area contributed by atoms with Crippen molar-refractivity contribution in [3.63, 3.8) is 0 Å². The van der Waals surface area contributed by atoms with Crippen LogP contribution in [0.1, 0.15) is 27.2 Å². The van der Waals surface area contributed by atoms with Crippen LogP contribution in [0.3, 0.4) is 0 Å². The SMILES string of the molecule is C=C/C=C\[P+](=CCC)/C(C)=C/C=C(/C)C=C. The molecule has 0 saturated carbocycles. The molecule has 0 bridgehead atoms. The van der Waals surface area contributed by atoms with Gasteiger partial charge in [0.1, 0.15) is 11.1 Å². The van der Waals surface area contributed by atoms with Crippen LogP contribution in [-0.2, 0) is 0 Å². The molecule has 0 saturated heterocycles. The van der Waals surface area contributed by atoms with Crippen molar-refractivity contribution < 1.29 is 0 Å². The third-order valence-electron chi connectivity index (χ3n) is 2.08.